The first kappa shape index (κ1) is 19.7. The highest BCUT2D eigenvalue weighted by atomic mass is 19.3. The lowest BCUT2D eigenvalue weighted by molar-refractivity contribution is 0.146. The third kappa shape index (κ3) is 4.80. The van der Waals surface area contributed by atoms with E-state index in [2.05, 4.69) is 25.3 Å². The van der Waals surface area contributed by atoms with E-state index in [0.29, 0.717) is 5.69 Å². The summed E-state index contributed by atoms with van der Waals surface area (Å²) in [5.41, 5.74) is 1.87. The van der Waals surface area contributed by atoms with E-state index in [-0.39, 0.29) is 17.7 Å². The van der Waals surface area contributed by atoms with Crippen molar-refractivity contribution in [1.82, 2.24) is 24.6 Å². The zero-order valence-electron chi connectivity index (χ0n) is 16.3. The van der Waals surface area contributed by atoms with Gasteiger partial charge in [0.15, 0.2) is 0 Å². The molecule has 1 unspecified atom stereocenters. The van der Waals surface area contributed by atoms with Crippen LogP contribution >= 0.6 is 0 Å². The Morgan fingerprint density at radius 2 is 1.93 bits per heavy atom. The lowest BCUT2D eigenvalue weighted by atomic mass is 10.1. The van der Waals surface area contributed by atoms with Crippen LogP contribution in [0.3, 0.4) is 0 Å². The summed E-state index contributed by atoms with van der Waals surface area (Å²) in [5.74, 6) is 0.246. The quantitative estimate of drug-likeness (QED) is 0.792. The summed E-state index contributed by atoms with van der Waals surface area (Å²) in [6, 6.07) is 1.43. The number of likely N-dealkylation sites (tertiary alicyclic amines) is 1. The zero-order valence-corrected chi connectivity index (χ0v) is 16.3. The highest BCUT2D eigenvalue weighted by molar-refractivity contribution is 5.62. The molecule has 8 heteroatoms. The lowest BCUT2D eigenvalue weighted by Crippen LogP contribution is -2.38. The Kier molecular flexibility index (Phi) is 6.36. The van der Waals surface area contributed by atoms with Gasteiger partial charge in [-0.05, 0) is 52.8 Å². The summed E-state index contributed by atoms with van der Waals surface area (Å²) in [6.45, 7) is 9.69. The molecular formula is C19H28F2N6. The number of halogens is 2. The van der Waals surface area contributed by atoms with E-state index < -0.39 is 6.43 Å². The van der Waals surface area contributed by atoms with Gasteiger partial charge in [-0.15, -0.1) is 0 Å². The number of hydrogen-bond acceptors (Lipinski definition) is 5. The van der Waals surface area contributed by atoms with Crippen molar-refractivity contribution in [2.24, 2.45) is 0 Å². The van der Waals surface area contributed by atoms with E-state index in [0.717, 1.165) is 37.4 Å². The average molecular weight is 378 g/mol. The SMILES string of the molecule is CCn1ncc(-c2cc(C(F)F)nc(NC(C)CN3CCCCC3)n2)c1C. The number of aromatic nitrogens is 4. The molecule has 0 radical (unpaired) electrons. The Labute approximate surface area is 159 Å². The minimum absolute atomic E-state index is 0.0725. The summed E-state index contributed by atoms with van der Waals surface area (Å²) >= 11 is 0. The fraction of sp³-hybridized carbons (Fsp3) is 0.632. The molecule has 2 aromatic heterocycles. The number of anilines is 1. The molecule has 0 aromatic carbocycles. The number of alkyl halides is 2. The van der Waals surface area contributed by atoms with E-state index in [4.69, 9.17) is 0 Å². The maximum absolute atomic E-state index is 13.4. The molecule has 1 atom stereocenters. The van der Waals surface area contributed by atoms with Crippen LogP contribution in [0.4, 0.5) is 14.7 Å². The normalized spacial score (nSPS) is 16.7. The van der Waals surface area contributed by atoms with Gasteiger partial charge in [0.1, 0.15) is 5.69 Å². The highest BCUT2D eigenvalue weighted by Crippen LogP contribution is 2.27. The minimum Gasteiger partial charge on any atom is -0.350 e. The van der Waals surface area contributed by atoms with Gasteiger partial charge in [-0.3, -0.25) is 4.68 Å². The van der Waals surface area contributed by atoms with Crippen molar-refractivity contribution in [3.05, 3.63) is 23.7 Å². The minimum atomic E-state index is -2.65. The van der Waals surface area contributed by atoms with Gasteiger partial charge in [-0.1, -0.05) is 6.42 Å². The fourth-order valence-corrected chi connectivity index (χ4v) is 3.59. The van der Waals surface area contributed by atoms with Gasteiger partial charge in [0.05, 0.1) is 11.9 Å². The number of piperidine rings is 1. The molecule has 0 amide bonds. The van der Waals surface area contributed by atoms with E-state index in [1.165, 1.54) is 25.3 Å². The van der Waals surface area contributed by atoms with Gasteiger partial charge in [0.25, 0.3) is 6.43 Å². The molecule has 0 bridgehead atoms. The largest absolute Gasteiger partial charge is 0.350 e. The van der Waals surface area contributed by atoms with Crippen LogP contribution in [0, 0.1) is 6.92 Å². The van der Waals surface area contributed by atoms with Crippen LogP contribution < -0.4 is 5.32 Å². The highest BCUT2D eigenvalue weighted by Gasteiger charge is 2.19. The molecule has 1 aliphatic rings. The second-order valence-electron chi connectivity index (χ2n) is 7.17. The topological polar surface area (TPSA) is 58.9 Å². The predicted octanol–water partition coefficient (Wildman–Crippen LogP) is 3.89. The number of nitrogens with one attached hydrogen (secondary N) is 1. The van der Waals surface area contributed by atoms with Crippen LogP contribution in [-0.2, 0) is 6.54 Å². The lowest BCUT2D eigenvalue weighted by Gasteiger charge is -2.29. The molecule has 1 saturated heterocycles. The molecule has 1 N–H and O–H groups in total. The molecule has 0 spiro atoms. The van der Waals surface area contributed by atoms with Crippen LogP contribution in [0.5, 0.6) is 0 Å². The second-order valence-corrected chi connectivity index (χ2v) is 7.17. The Balaban J connectivity index is 1.81. The van der Waals surface area contributed by atoms with Gasteiger partial charge < -0.3 is 10.2 Å². The third-order valence-corrected chi connectivity index (χ3v) is 5.00. The van der Waals surface area contributed by atoms with E-state index in [9.17, 15) is 8.78 Å². The Morgan fingerprint density at radius 3 is 2.56 bits per heavy atom. The average Bonchev–Trinajstić information content (AvgIpc) is 3.02. The third-order valence-electron chi connectivity index (χ3n) is 5.00. The molecule has 2 aromatic rings. The van der Waals surface area contributed by atoms with Crippen molar-refractivity contribution in [3.8, 4) is 11.3 Å². The van der Waals surface area contributed by atoms with Gasteiger partial charge in [0.2, 0.25) is 5.95 Å². The molecule has 0 saturated carbocycles. The number of nitrogens with zero attached hydrogens (tertiary/aromatic N) is 5. The first-order chi connectivity index (χ1) is 13.0. The summed E-state index contributed by atoms with van der Waals surface area (Å²) in [5, 5.41) is 7.51. The van der Waals surface area contributed by atoms with Crippen LogP contribution in [0.25, 0.3) is 11.3 Å². The van der Waals surface area contributed by atoms with Gasteiger partial charge >= 0.3 is 0 Å². The fourth-order valence-electron chi connectivity index (χ4n) is 3.59. The van der Waals surface area contributed by atoms with Crippen molar-refractivity contribution in [1.29, 1.82) is 0 Å². The van der Waals surface area contributed by atoms with Crippen molar-refractivity contribution in [3.63, 3.8) is 0 Å². The Bertz CT molecular complexity index is 755. The molecule has 3 heterocycles. The van der Waals surface area contributed by atoms with Gasteiger partial charge in [-0.2, -0.15) is 5.10 Å². The Morgan fingerprint density at radius 1 is 1.19 bits per heavy atom. The van der Waals surface area contributed by atoms with Crippen molar-refractivity contribution in [2.45, 2.75) is 59.0 Å². The van der Waals surface area contributed by atoms with Crippen LogP contribution in [-0.4, -0.2) is 50.3 Å². The predicted molar refractivity (Wildman–Crippen MR) is 102 cm³/mol. The first-order valence-corrected chi connectivity index (χ1v) is 9.66. The molecule has 1 fully saturated rings. The molecule has 27 heavy (non-hydrogen) atoms. The first-order valence-electron chi connectivity index (χ1n) is 9.66. The number of aryl methyl sites for hydroxylation is 1. The van der Waals surface area contributed by atoms with Crippen molar-refractivity contribution < 1.29 is 8.78 Å². The van der Waals surface area contributed by atoms with Crippen molar-refractivity contribution >= 4 is 5.95 Å². The molecule has 148 valence electrons. The summed E-state index contributed by atoms with van der Waals surface area (Å²) in [7, 11) is 0. The van der Waals surface area contributed by atoms with E-state index in [1.54, 1.807) is 6.20 Å². The molecule has 0 aliphatic carbocycles. The molecule has 6 nitrogen and oxygen atoms in total. The summed E-state index contributed by atoms with van der Waals surface area (Å²) in [4.78, 5) is 10.9. The summed E-state index contributed by atoms with van der Waals surface area (Å²) in [6.07, 6.45) is 2.75. The molecule has 1 aliphatic heterocycles. The van der Waals surface area contributed by atoms with Crippen LogP contribution in [0.2, 0.25) is 0 Å². The molecular weight excluding hydrogens is 350 g/mol. The van der Waals surface area contributed by atoms with Crippen LogP contribution in [0.1, 0.15) is 50.9 Å². The Hall–Kier alpha value is -2.09. The zero-order chi connectivity index (χ0) is 19.4. The maximum atomic E-state index is 13.4. The monoisotopic (exact) mass is 378 g/mol. The van der Waals surface area contributed by atoms with Crippen molar-refractivity contribution in [2.75, 3.05) is 25.0 Å². The smallest absolute Gasteiger partial charge is 0.280 e. The number of rotatable bonds is 7. The standard InChI is InChI=1S/C19H28F2N6/c1-4-27-14(3)15(11-22-27)16-10-17(18(20)21)25-19(24-16)23-13(2)12-26-8-6-5-7-9-26/h10-11,13,18H,4-9,12H2,1-3H3,(H,23,24,25). The maximum Gasteiger partial charge on any atom is 0.280 e. The van der Waals surface area contributed by atoms with Gasteiger partial charge in [0, 0.05) is 30.4 Å². The van der Waals surface area contributed by atoms with Gasteiger partial charge in [-0.25, -0.2) is 18.7 Å². The summed E-state index contributed by atoms with van der Waals surface area (Å²) < 4.78 is 28.6. The second kappa shape index (κ2) is 8.73. The van der Waals surface area contributed by atoms with E-state index >= 15 is 0 Å². The number of hydrogen-bond donors (Lipinski definition) is 1. The van der Waals surface area contributed by atoms with Crippen LogP contribution in [0.15, 0.2) is 12.3 Å². The molecule has 3 rings (SSSR count). The van der Waals surface area contributed by atoms with E-state index in [1.807, 2.05) is 25.5 Å².